The number of unbranched alkanes of at least 4 members (excludes halogenated alkanes) is 1. The van der Waals surface area contributed by atoms with Gasteiger partial charge in [-0.05, 0) is 50.2 Å². The summed E-state index contributed by atoms with van der Waals surface area (Å²) in [5.74, 6) is 0.855. The first-order valence-corrected chi connectivity index (χ1v) is 5.89. The zero-order valence-electron chi connectivity index (χ0n) is 10.8. The van der Waals surface area contributed by atoms with Gasteiger partial charge in [0.15, 0.2) is 0 Å². The third-order valence-corrected chi connectivity index (χ3v) is 2.74. The highest BCUT2D eigenvalue weighted by molar-refractivity contribution is 5.50. The fourth-order valence-corrected chi connectivity index (χ4v) is 1.72. The van der Waals surface area contributed by atoms with Crippen molar-refractivity contribution < 1.29 is 4.74 Å². The maximum atomic E-state index is 5.95. The van der Waals surface area contributed by atoms with Crippen molar-refractivity contribution in [1.82, 2.24) is 4.90 Å². The van der Waals surface area contributed by atoms with E-state index in [4.69, 9.17) is 10.5 Å². The van der Waals surface area contributed by atoms with Crippen molar-refractivity contribution in [3.8, 4) is 5.75 Å². The molecular formula is C14H22N2O. The molecule has 2 N–H and O–H groups in total. The highest BCUT2D eigenvalue weighted by Crippen LogP contribution is 2.20. The van der Waals surface area contributed by atoms with Crippen LogP contribution in [0.5, 0.6) is 5.75 Å². The summed E-state index contributed by atoms with van der Waals surface area (Å²) in [5.41, 5.74) is 7.89. The second-order valence-corrected chi connectivity index (χ2v) is 4.23. The Labute approximate surface area is 104 Å². The molecule has 0 fully saturated rings. The van der Waals surface area contributed by atoms with Gasteiger partial charge in [0.05, 0.1) is 7.11 Å². The second kappa shape index (κ2) is 6.97. The van der Waals surface area contributed by atoms with E-state index < -0.39 is 0 Å². The van der Waals surface area contributed by atoms with Gasteiger partial charge in [0.2, 0.25) is 0 Å². The summed E-state index contributed by atoms with van der Waals surface area (Å²) < 4.78 is 5.20. The summed E-state index contributed by atoms with van der Waals surface area (Å²) in [6.07, 6.45) is 4.13. The van der Waals surface area contributed by atoms with Crippen molar-refractivity contribution in [2.75, 3.05) is 26.4 Å². The Kier molecular flexibility index (Phi) is 5.57. The quantitative estimate of drug-likeness (QED) is 0.448. The first-order valence-electron chi connectivity index (χ1n) is 5.89. The minimum Gasteiger partial charge on any atom is -0.497 e. The molecule has 1 rings (SSSR count). The third kappa shape index (κ3) is 4.49. The number of hydrogen-bond acceptors (Lipinski definition) is 3. The van der Waals surface area contributed by atoms with Gasteiger partial charge in [0.25, 0.3) is 0 Å². The summed E-state index contributed by atoms with van der Waals surface area (Å²) in [6, 6.07) is 5.78. The minimum absolute atomic E-state index is 0.821. The van der Waals surface area contributed by atoms with E-state index in [0.717, 1.165) is 42.9 Å². The van der Waals surface area contributed by atoms with Crippen LogP contribution in [0.3, 0.4) is 0 Å². The molecule has 1 aromatic rings. The van der Waals surface area contributed by atoms with Gasteiger partial charge in [-0.15, -0.1) is 6.58 Å². The number of ether oxygens (including phenoxy) is 1. The molecule has 3 nitrogen and oxygen atoms in total. The standard InChI is InChI=1S/C14H22N2O/c1-4-5-6-9-16(2)11-12-10-13(17-3)7-8-14(12)15/h4,7-8,10H,1,5-6,9,11,15H2,2-3H3. The average Bonchev–Trinajstić information content (AvgIpc) is 2.32. The zero-order valence-corrected chi connectivity index (χ0v) is 10.8. The molecule has 0 bridgehead atoms. The molecule has 0 atom stereocenters. The molecule has 0 saturated heterocycles. The van der Waals surface area contributed by atoms with Gasteiger partial charge in [0, 0.05) is 12.2 Å². The molecule has 0 spiro atoms. The summed E-state index contributed by atoms with van der Waals surface area (Å²) in [7, 11) is 3.77. The highest BCUT2D eigenvalue weighted by atomic mass is 16.5. The van der Waals surface area contributed by atoms with Crippen LogP contribution in [0.25, 0.3) is 0 Å². The topological polar surface area (TPSA) is 38.5 Å². The van der Waals surface area contributed by atoms with E-state index in [9.17, 15) is 0 Å². The lowest BCUT2D eigenvalue weighted by atomic mass is 10.1. The molecule has 0 aromatic heterocycles. The van der Waals surface area contributed by atoms with Crippen LogP contribution < -0.4 is 10.5 Å². The van der Waals surface area contributed by atoms with Crippen molar-refractivity contribution >= 4 is 5.69 Å². The molecular weight excluding hydrogens is 212 g/mol. The molecule has 0 heterocycles. The number of nitrogens with two attached hydrogens (primary N) is 1. The van der Waals surface area contributed by atoms with E-state index >= 15 is 0 Å². The van der Waals surface area contributed by atoms with Crippen LogP contribution >= 0.6 is 0 Å². The Bertz CT molecular complexity index is 363. The lowest BCUT2D eigenvalue weighted by Gasteiger charge is -2.18. The minimum atomic E-state index is 0.821. The number of nitrogen functional groups attached to an aromatic ring is 1. The van der Waals surface area contributed by atoms with Crippen LogP contribution in [-0.4, -0.2) is 25.6 Å². The second-order valence-electron chi connectivity index (χ2n) is 4.23. The number of benzene rings is 1. The molecule has 3 heteroatoms. The zero-order chi connectivity index (χ0) is 12.7. The predicted molar refractivity (Wildman–Crippen MR) is 73.2 cm³/mol. The van der Waals surface area contributed by atoms with Gasteiger partial charge in [-0.2, -0.15) is 0 Å². The van der Waals surface area contributed by atoms with E-state index in [0.29, 0.717) is 0 Å². The van der Waals surface area contributed by atoms with Crippen LogP contribution in [0.1, 0.15) is 18.4 Å². The predicted octanol–water partition coefficient (Wildman–Crippen LogP) is 2.68. The van der Waals surface area contributed by atoms with Crippen LogP contribution in [0, 0.1) is 0 Å². The van der Waals surface area contributed by atoms with E-state index in [-0.39, 0.29) is 0 Å². The Morgan fingerprint density at radius 1 is 1.47 bits per heavy atom. The monoisotopic (exact) mass is 234 g/mol. The van der Waals surface area contributed by atoms with E-state index in [2.05, 4.69) is 18.5 Å². The van der Waals surface area contributed by atoms with E-state index in [1.807, 2.05) is 24.3 Å². The Morgan fingerprint density at radius 2 is 2.24 bits per heavy atom. The number of allylic oxidation sites excluding steroid dienone is 1. The number of anilines is 1. The largest absolute Gasteiger partial charge is 0.497 e. The van der Waals surface area contributed by atoms with Gasteiger partial charge in [-0.1, -0.05) is 6.08 Å². The first kappa shape index (κ1) is 13.6. The number of nitrogens with zero attached hydrogens (tertiary/aromatic N) is 1. The van der Waals surface area contributed by atoms with Crippen molar-refractivity contribution in [1.29, 1.82) is 0 Å². The van der Waals surface area contributed by atoms with E-state index in [1.165, 1.54) is 0 Å². The maximum Gasteiger partial charge on any atom is 0.119 e. The Hall–Kier alpha value is -1.48. The molecule has 0 aliphatic carbocycles. The molecule has 0 amide bonds. The normalized spacial score (nSPS) is 10.5. The molecule has 0 aliphatic rings. The van der Waals surface area contributed by atoms with Crippen molar-refractivity contribution in [3.05, 3.63) is 36.4 Å². The van der Waals surface area contributed by atoms with Gasteiger partial charge in [-0.25, -0.2) is 0 Å². The fourth-order valence-electron chi connectivity index (χ4n) is 1.72. The lowest BCUT2D eigenvalue weighted by molar-refractivity contribution is 0.323. The highest BCUT2D eigenvalue weighted by Gasteiger charge is 2.05. The number of methoxy groups -OCH3 is 1. The van der Waals surface area contributed by atoms with Crippen molar-refractivity contribution in [2.45, 2.75) is 19.4 Å². The molecule has 0 saturated carbocycles. The fraction of sp³-hybridized carbons (Fsp3) is 0.429. The molecule has 17 heavy (non-hydrogen) atoms. The van der Waals surface area contributed by atoms with Crippen LogP contribution in [0.15, 0.2) is 30.9 Å². The molecule has 0 aliphatic heterocycles. The SMILES string of the molecule is C=CCCCN(C)Cc1cc(OC)ccc1N. The van der Waals surface area contributed by atoms with Gasteiger partial charge >= 0.3 is 0 Å². The third-order valence-electron chi connectivity index (χ3n) is 2.74. The summed E-state index contributed by atoms with van der Waals surface area (Å²) >= 11 is 0. The maximum absolute atomic E-state index is 5.95. The number of hydrogen-bond donors (Lipinski definition) is 1. The summed E-state index contributed by atoms with van der Waals surface area (Å²) in [4.78, 5) is 2.26. The lowest BCUT2D eigenvalue weighted by Crippen LogP contribution is -2.19. The smallest absolute Gasteiger partial charge is 0.119 e. The number of rotatable bonds is 7. The van der Waals surface area contributed by atoms with Gasteiger partial charge in [-0.3, -0.25) is 0 Å². The van der Waals surface area contributed by atoms with Crippen molar-refractivity contribution in [2.24, 2.45) is 0 Å². The van der Waals surface area contributed by atoms with Crippen molar-refractivity contribution in [3.63, 3.8) is 0 Å². The van der Waals surface area contributed by atoms with Crippen LogP contribution in [0.4, 0.5) is 5.69 Å². The van der Waals surface area contributed by atoms with Crippen LogP contribution in [-0.2, 0) is 6.54 Å². The first-order chi connectivity index (χ1) is 8.17. The van der Waals surface area contributed by atoms with Gasteiger partial charge in [0.1, 0.15) is 5.75 Å². The van der Waals surface area contributed by atoms with Gasteiger partial charge < -0.3 is 15.4 Å². The molecule has 0 radical (unpaired) electrons. The Balaban J connectivity index is 2.57. The molecule has 94 valence electrons. The molecule has 1 aromatic carbocycles. The summed E-state index contributed by atoms with van der Waals surface area (Å²) in [6.45, 7) is 5.61. The average molecular weight is 234 g/mol. The summed E-state index contributed by atoms with van der Waals surface area (Å²) in [5, 5.41) is 0. The molecule has 0 unspecified atom stereocenters. The van der Waals surface area contributed by atoms with E-state index in [1.54, 1.807) is 7.11 Å². The Morgan fingerprint density at radius 3 is 2.88 bits per heavy atom. The van der Waals surface area contributed by atoms with Crippen LogP contribution in [0.2, 0.25) is 0 Å².